The van der Waals surface area contributed by atoms with Crippen LogP contribution in [-0.4, -0.2) is 5.11 Å². The molecule has 0 heterocycles. The smallest absolute Gasteiger partial charge is 0.123 e. The number of nitriles is 1. The van der Waals surface area contributed by atoms with Gasteiger partial charge in [0, 0.05) is 5.39 Å². The molecule has 2 heteroatoms. The molecule has 0 atom stereocenters. The lowest BCUT2D eigenvalue weighted by Crippen LogP contribution is -1.82. The zero-order valence-electron chi connectivity index (χ0n) is 7.57. The first kappa shape index (κ1) is 8.58. The minimum atomic E-state index is 0.244. The number of hydrogen-bond donors (Lipinski definition) is 1. The highest BCUT2D eigenvalue weighted by atomic mass is 16.3. The van der Waals surface area contributed by atoms with E-state index >= 15 is 0 Å². The fourth-order valence-electron chi connectivity index (χ4n) is 1.54. The van der Waals surface area contributed by atoms with E-state index in [1.807, 2.05) is 30.3 Å². The van der Waals surface area contributed by atoms with Gasteiger partial charge in [-0.3, -0.25) is 0 Å². The van der Waals surface area contributed by atoms with E-state index in [-0.39, 0.29) is 5.75 Å². The summed E-state index contributed by atoms with van der Waals surface area (Å²) in [5.41, 5.74) is 0.851. The monoisotopic (exact) mass is 183 g/mol. The van der Waals surface area contributed by atoms with Gasteiger partial charge < -0.3 is 5.11 Å². The van der Waals surface area contributed by atoms with Crippen LogP contribution in [0.4, 0.5) is 0 Å². The Bertz CT molecular complexity index is 511. The van der Waals surface area contributed by atoms with E-state index in [2.05, 4.69) is 6.07 Å². The van der Waals surface area contributed by atoms with Gasteiger partial charge in [0.15, 0.2) is 0 Å². The summed E-state index contributed by atoms with van der Waals surface area (Å²) in [6.07, 6.45) is 0.332. The number of phenolic OH excluding ortho intramolecular Hbond substituents is 1. The molecule has 0 saturated carbocycles. The van der Waals surface area contributed by atoms with Crippen LogP contribution in [0.25, 0.3) is 10.8 Å². The van der Waals surface area contributed by atoms with Gasteiger partial charge in [-0.2, -0.15) is 5.26 Å². The molecule has 2 aromatic carbocycles. The molecule has 0 radical (unpaired) electrons. The largest absolute Gasteiger partial charge is 0.507 e. The Labute approximate surface area is 82.0 Å². The normalized spacial score (nSPS) is 9.93. The van der Waals surface area contributed by atoms with Crippen LogP contribution in [0.2, 0.25) is 0 Å². The summed E-state index contributed by atoms with van der Waals surface area (Å²) in [4.78, 5) is 0. The topological polar surface area (TPSA) is 44.0 Å². The summed E-state index contributed by atoms with van der Waals surface area (Å²) in [5.74, 6) is 0.244. The van der Waals surface area contributed by atoms with Crippen molar-refractivity contribution in [3.8, 4) is 11.8 Å². The van der Waals surface area contributed by atoms with Crippen LogP contribution in [0, 0.1) is 11.3 Å². The lowest BCUT2D eigenvalue weighted by atomic mass is 10.0. The summed E-state index contributed by atoms with van der Waals surface area (Å²) in [7, 11) is 0. The molecule has 0 saturated heterocycles. The maximum Gasteiger partial charge on any atom is 0.123 e. The number of rotatable bonds is 1. The number of phenols is 1. The van der Waals surface area contributed by atoms with Crippen molar-refractivity contribution in [2.24, 2.45) is 0 Å². The second kappa shape index (κ2) is 3.39. The molecule has 68 valence electrons. The molecular formula is C12H9NO. The maximum absolute atomic E-state index is 9.67. The molecule has 0 aromatic heterocycles. The van der Waals surface area contributed by atoms with Crippen LogP contribution >= 0.6 is 0 Å². The summed E-state index contributed by atoms with van der Waals surface area (Å²) >= 11 is 0. The summed E-state index contributed by atoms with van der Waals surface area (Å²) in [6.45, 7) is 0. The molecule has 0 spiro atoms. The van der Waals surface area contributed by atoms with Gasteiger partial charge in [-0.25, -0.2) is 0 Å². The number of benzene rings is 2. The lowest BCUT2D eigenvalue weighted by Gasteiger charge is -2.02. The van der Waals surface area contributed by atoms with Crippen molar-refractivity contribution in [1.29, 1.82) is 5.26 Å². The third-order valence-electron chi connectivity index (χ3n) is 2.18. The third-order valence-corrected chi connectivity index (χ3v) is 2.18. The van der Waals surface area contributed by atoms with E-state index in [9.17, 15) is 5.11 Å². The molecule has 14 heavy (non-hydrogen) atoms. The standard InChI is InChI=1S/C12H9NO/c13-6-5-9-7-10-3-1-2-4-11(10)12(14)8-9/h1-4,7-8,14H,5H2. The highest BCUT2D eigenvalue weighted by Crippen LogP contribution is 2.26. The van der Waals surface area contributed by atoms with Crippen LogP contribution in [0.3, 0.4) is 0 Å². The van der Waals surface area contributed by atoms with Gasteiger partial charge in [0.2, 0.25) is 0 Å². The van der Waals surface area contributed by atoms with Crippen LogP contribution < -0.4 is 0 Å². The van der Waals surface area contributed by atoms with Crippen LogP contribution in [-0.2, 0) is 6.42 Å². The molecule has 1 N–H and O–H groups in total. The summed E-state index contributed by atoms with van der Waals surface area (Å²) in [6, 6.07) is 13.2. The number of fused-ring (bicyclic) bond motifs is 1. The van der Waals surface area contributed by atoms with Crippen LogP contribution in [0.1, 0.15) is 5.56 Å². The fourth-order valence-corrected chi connectivity index (χ4v) is 1.54. The minimum absolute atomic E-state index is 0.244. The van der Waals surface area contributed by atoms with Crippen molar-refractivity contribution in [2.45, 2.75) is 6.42 Å². The molecule has 0 bridgehead atoms. The van der Waals surface area contributed by atoms with Gasteiger partial charge in [-0.1, -0.05) is 24.3 Å². The van der Waals surface area contributed by atoms with E-state index in [1.54, 1.807) is 6.07 Å². The lowest BCUT2D eigenvalue weighted by molar-refractivity contribution is 0.481. The van der Waals surface area contributed by atoms with Crippen LogP contribution in [0.15, 0.2) is 36.4 Å². The SMILES string of the molecule is N#CCc1cc(O)c2ccccc2c1. The van der Waals surface area contributed by atoms with E-state index in [0.29, 0.717) is 6.42 Å². The third kappa shape index (κ3) is 1.40. The Kier molecular flexibility index (Phi) is 2.08. The second-order valence-corrected chi connectivity index (χ2v) is 3.17. The quantitative estimate of drug-likeness (QED) is 0.738. The van der Waals surface area contributed by atoms with Gasteiger partial charge in [0.25, 0.3) is 0 Å². The van der Waals surface area contributed by atoms with Gasteiger partial charge in [0.1, 0.15) is 5.75 Å². The van der Waals surface area contributed by atoms with Crippen molar-refractivity contribution in [1.82, 2.24) is 0 Å². The van der Waals surface area contributed by atoms with Crippen molar-refractivity contribution in [2.75, 3.05) is 0 Å². The Balaban J connectivity index is 2.67. The van der Waals surface area contributed by atoms with Crippen molar-refractivity contribution in [3.05, 3.63) is 42.0 Å². The average Bonchev–Trinajstić information content (AvgIpc) is 2.18. The number of hydrogen-bond acceptors (Lipinski definition) is 2. The van der Waals surface area contributed by atoms with E-state index in [0.717, 1.165) is 16.3 Å². The predicted molar refractivity (Wildman–Crippen MR) is 54.9 cm³/mol. The molecule has 2 rings (SSSR count). The number of nitrogens with zero attached hydrogens (tertiary/aromatic N) is 1. The minimum Gasteiger partial charge on any atom is -0.507 e. The van der Waals surface area contributed by atoms with Gasteiger partial charge >= 0.3 is 0 Å². The summed E-state index contributed by atoms with van der Waals surface area (Å²) < 4.78 is 0. The molecule has 2 aromatic rings. The first-order valence-corrected chi connectivity index (χ1v) is 4.39. The maximum atomic E-state index is 9.67. The van der Waals surface area contributed by atoms with E-state index in [1.165, 1.54) is 0 Å². The molecule has 2 nitrogen and oxygen atoms in total. The highest BCUT2D eigenvalue weighted by Gasteiger charge is 2.01. The molecule has 0 aliphatic carbocycles. The highest BCUT2D eigenvalue weighted by molar-refractivity contribution is 5.88. The first-order chi connectivity index (χ1) is 6.81. The zero-order valence-corrected chi connectivity index (χ0v) is 7.57. The Morgan fingerprint density at radius 1 is 1.21 bits per heavy atom. The van der Waals surface area contributed by atoms with Crippen LogP contribution in [0.5, 0.6) is 5.75 Å². The van der Waals surface area contributed by atoms with E-state index in [4.69, 9.17) is 5.26 Å². The fraction of sp³-hybridized carbons (Fsp3) is 0.0833. The number of aromatic hydroxyl groups is 1. The Morgan fingerprint density at radius 2 is 2.00 bits per heavy atom. The Morgan fingerprint density at radius 3 is 2.79 bits per heavy atom. The Hall–Kier alpha value is -2.01. The predicted octanol–water partition coefficient (Wildman–Crippen LogP) is 2.61. The van der Waals surface area contributed by atoms with Gasteiger partial charge in [-0.15, -0.1) is 0 Å². The average molecular weight is 183 g/mol. The summed E-state index contributed by atoms with van der Waals surface area (Å²) in [5, 5.41) is 20.0. The van der Waals surface area contributed by atoms with Gasteiger partial charge in [-0.05, 0) is 23.1 Å². The molecule has 0 unspecified atom stereocenters. The molecular weight excluding hydrogens is 174 g/mol. The first-order valence-electron chi connectivity index (χ1n) is 4.39. The molecule has 0 fully saturated rings. The van der Waals surface area contributed by atoms with Gasteiger partial charge in [0.05, 0.1) is 12.5 Å². The second-order valence-electron chi connectivity index (χ2n) is 3.17. The van der Waals surface area contributed by atoms with E-state index < -0.39 is 0 Å². The van der Waals surface area contributed by atoms with Crippen molar-refractivity contribution < 1.29 is 5.11 Å². The molecule has 0 aliphatic heterocycles. The van der Waals surface area contributed by atoms with Crippen molar-refractivity contribution >= 4 is 10.8 Å². The molecule has 0 aliphatic rings. The molecule has 0 amide bonds. The van der Waals surface area contributed by atoms with Crippen molar-refractivity contribution in [3.63, 3.8) is 0 Å². The zero-order chi connectivity index (χ0) is 9.97.